The summed E-state index contributed by atoms with van der Waals surface area (Å²) < 4.78 is 26.9. The number of hydrogen-bond donors (Lipinski definition) is 4. The fraction of sp³-hybridized carbons (Fsp3) is 0.689. The van der Waals surface area contributed by atoms with E-state index < -0.39 is 161 Å². The molecule has 2 aromatic rings. The molecule has 26 heteroatoms. The lowest BCUT2D eigenvalue weighted by atomic mass is 9.93. The SMILES string of the molecule is CC[C@@H]1NC(=O)[C@H]([C@@H]2O[C@@H](Sc3cccc(OCc4ccc(F)cc4C)c3)C[C@H]2C)N(C)C(=O)[C@H](C(C)C)N(C)C(=O)[C@H](CC(C)C)N(C)C(=O)[C@H](CC(C)C)N(C)C(=O)[C@@H](C)NC(=O)[C@H](C)NC(=O)[C@H](CC(C)C)N(C)C(=O)[C@H](C(C)C)NC(=O)[C@H](CC(C)C)N(C)C(=O)CN(C)C1=O. The highest BCUT2D eigenvalue weighted by molar-refractivity contribution is 7.99. The number of amides is 11. The molecule has 0 aliphatic carbocycles. The Balaban J connectivity index is 1.89. The highest BCUT2D eigenvalue weighted by Crippen LogP contribution is 2.40. The minimum absolute atomic E-state index is 0.0313. The minimum atomic E-state index is -1.43. The van der Waals surface area contributed by atoms with Crippen LogP contribution in [0.4, 0.5) is 4.39 Å². The average Bonchev–Trinajstić information content (AvgIpc) is 1.46. The van der Waals surface area contributed by atoms with Gasteiger partial charge in [0.15, 0.2) is 0 Å². The lowest BCUT2D eigenvalue weighted by Gasteiger charge is -2.41. The van der Waals surface area contributed by atoms with Gasteiger partial charge in [0.1, 0.15) is 84.0 Å². The van der Waals surface area contributed by atoms with Crippen molar-refractivity contribution < 1.29 is 66.6 Å². The summed E-state index contributed by atoms with van der Waals surface area (Å²) in [7, 11) is 10.1. The summed E-state index contributed by atoms with van der Waals surface area (Å²) in [6.07, 6.45) is 0.0266. The van der Waals surface area contributed by atoms with Gasteiger partial charge in [0.25, 0.3) is 0 Å². The number of halogens is 1. The summed E-state index contributed by atoms with van der Waals surface area (Å²) in [5.41, 5.74) is 0.983. The number of nitrogens with zero attached hydrogens (tertiary/aromatic N) is 7. The molecule has 11 amide bonds. The van der Waals surface area contributed by atoms with Gasteiger partial charge in [-0.05, 0) is 142 Å². The van der Waals surface area contributed by atoms with Crippen LogP contribution >= 0.6 is 11.8 Å². The number of likely N-dealkylation sites (N-methyl/N-ethyl adjacent to an activating group) is 7. The molecule has 2 saturated heterocycles. The molecule has 2 aliphatic heterocycles. The first-order chi connectivity index (χ1) is 46.5. The van der Waals surface area contributed by atoms with Crippen molar-refractivity contribution in [3.05, 3.63) is 59.4 Å². The van der Waals surface area contributed by atoms with Gasteiger partial charge in [0.2, 0.25) is 65.0 Å². The predicted molar refractivity (Wildman–Crippen MR) is 384 cm³/mol. The number of carbonyl (C=O) groups is 11. The van der Waals surface area contributed by atoms with E-state index in [0.717, 1.165) is 20.9 Å². The minimum Gasteiger partial charge on any atom is -0.489 e. The summed E-state index contributed by atoms with van der Waals surface area (Å²) >= 11 is 1.38. The topological polar surface area (TPSA) is 277 Å². The zero-order valence-electron chi connectivity index (χ0n) is 63.9. The maximum atomic E-state index is 15.7. The van der Waals surface area contributed by atoms with Crippen LogP contribution in [0.15, 0.2) is 47.4 Å². The maximum Gasteiger partial charge on any atom is 0.246 e. The van der Waals surface area contributed by atoms with Gasteiger partial charge < -0.3 is 65.0 Å². The summed E-state index contributed by atoms with van der Waals surface area (Å²) in [6.45, 7) is 29.9. The molecule has 4 N–H and O–H groups in total. The fourth-order valence-corrected chi connectivity index (χ4v) is 14.1. The molecule has 0 radical (unpaired) electrons. The molecule has 24 nitrogen and oxygen atoms in total. The summed E-state index contributed by atoms with van der Waals surface area (Å²) in [5, 5.41) is 11.2. The molecule has 560 valence electrons. The van der Waals surface area contributed by atoms with Gasteiger partial charge in [-0.15, -0.1) is 0 Å². The number of thioether (sulfide) groups is 1. The number of ether oxygens (including phenoxy) is 2. The second-order valence-electron chi connectivity index (χ2n) is 30.0. The molecule has 0 unspecified atom stereocenters. The van der Waals surface area contributed by atoms with Crippen molar-refractivity contribution in [2.75, 3.05) is 55.9 Å². The lowest BCUT2D eigenvalue weighted by Crippen LogP contribution is -2.63. The van der Waals surface area contributed by atoms with E-state index in [1.807, 2.05) is 80.5 Å². The molecule has 2 heterocycles. The molecule has 2 aliphatic rings. The van der Waals surface area contributed by atoms with Crippen LogP contribution in [0.2, 0.25) is 0 Å². The monoisotopic (exact) mass is 1420 g/mol. The Bertz CT molecular complexity index is 3190. The molecular formula is C74H118FN11O13S. The van der Waals surface area contributed by atoms with Gasteiger partial charge in [-0.2, -0.15) is 0 Å². The number of rotatable bonds is 17. The zero-order chi connectivity index (χ0) is 75.8. The van der Waals surface area contributed by atoms with Gasteiger partial charge >= 0.3 is 0 Å². The van der Waals surface area contributed by atoms with E-state index in [4.69, 9.17) is 9.47 Å². The van der Waals surface area contributed by atoms with Crippen molar-refractivity contribution in [2.45, 2.75) is 240 Å². The highest BCUT2D eigenvalue weighted by Gasteiger charge is 2.49. The Morgan fingerprint density at radius 2 is 1.05 bits per heavy atom. The van der Waals surface area contributed by atoms with E-state index in [2.05, 4.69) is 21.3 Å². The third-order valence-electron chi connectivity index (χ3n) is 18.9. The molecule has 100 heavy (non-hydrogen) atoms. The number of benzene rings is 2. The van der Waals surface area contributed by atoms with E-state index in [1.165, 1.54) is 116 Å². The van der Waals surface area contributed by atoms with Crippen LogP contribution in [0.5, 0.6) is 5.75 Å². The number of carbonyl (C=O) groups excluding carboxylic acids is 11. The van der Waals surface area contributed by atoms with E-state index in [-0.39, 0.29) is 68.2 Å². The van der Waals surface area contributed by atoms with Crippen LogP contribution in [0.25, 0.3) is 0 Å². The van der Waals surface area contributed by atoms with Crippen molar-refractivity contribution in [3.63, 3.8) is 0 Å². The largest absolute Gasteiger partial charge is 0.489 e. The smallest absolute Gasteiger partial charge is 0.246 e. The van der Waals surface area contributed by atoms with Crippen molar-refractivity contribution in [3.8, 4) is 5.75 Å². The molecule has 13 atom stereocenters. The van der Waals surface area contributed by atoms with Crippen LogP contribution < -0.4 is 26.0 Å². The Morgan fingerprint density at radius 1 is 0.540 bits per heavy atom. The summed E-state index contributed by atoms with van der Waals surface area (Å²) in [4.78, 5) is 173. The molecule has 0 bridgehead atoms. The first-order valence-corrected chi connectivity index (χ1v) is 36.3. The third kappa shape index (κ3) is 22.8. The van der Waals surface area contributed by atoms with Gasteiger partial charge in [-0.3, -0.25) is 52.7 Å². The molecule has 0 aromatic heterocycles. The standard InChI is InChI=1S/C74H118FN11O13S/c1-25-54-70(93)80(18)38-59(87)81(19)55(31-40(2)3)67(90)79-61(44(10)11)73(96)82(20)56(32-41(4)5)66(89)76-48(16)65(88)77-49(17)69(92)83(21)57(33-42(6)7)71(94)84(22)58(34-43(8)9)72(95)85(23)62(45(12)13)74(97)86(24)63(68(91)78-54)64-47(15)36-60(99-64)100-53-28-26-27-52(37-53)98-39-50-29-30-51(75)35-46(50)14/h26-30,35,37,40-45,47-49,54-58,60-64H,25,31-34,36,38-39H2,1-24H3,(H,76,89)(H,77,88)(H,78,91)(H,79,90)/t47-,48+,49-,54+,55+,56+,57+,58+,60+,61+,62+,63+,64-/m1/s1. The Hall–Kier alpha value is -7.35. The Kier molecular flexibility index (Phi) is 32.4. The highest BCUT2D eigenvalue weighted by atomic mass is 32.2. The van der Waals surface area contributed by atoms with E-state index in [0.29, 0.717) is 12.2 Å². The van der Waals surface area contributed by atoms with Crippen LogP contribution in [0.3, 0.4) is 0 Å². The number of hydrogen-bond acceptors (Lipinski definition) is 14. The average molecular weight is 1420 g/mol. The molecule has 2 aromatic carbocycles. The van der Waals surface area contributed by atoms with Gasteiger partial charge in [-0.25, -0.2) is 4.39 Å². The predicted octanol–water partition coefficient (Wildman–Crippen LogP) is 6.88. The molecule has 2 fully saturated rings. The van der Waals surface area contributed by atoms with Gasteiger partial charge in [0.05, 0.1) is 12.6 Å². The van der Waals surface area contributed by atoms with Crippen LogP contribution in [0, 0.1) is 54.2 Å². The summed E-state index contributed by atoms with van der Waals surface area (Å²) in [6, 6.07) is -0.370. The number of aryl methyl sites for hydroxylation is 1. The second-order valence-corrected chi connectivity index (χ2v) is 31.2. The normalized spacial score (nSPS) is 26.9. The molecule has 0 saturated carbocycles. The molecular weight excluding hydrogens is 1300 g/mol. The molecule has 0 spiro atoms. The van der Waals surface area contributed by atoms with E-state index in [9.17, 15) is 38.0 Å². The first kappa shape index (κ1) is 85.1. The van der Waals surface area contributed by atoms with Crippen molar-refractivity contribution in [1.82, 2.24) is 55.6 Å². The molecule has 4 rings (SSSR count). The number of nitrogens with one attached hydrogen (secondary N) is 4. The first-order valence-electron chi connectivity index (χ1n) is 35.4. The Morgan fingerprint density at radius 3 is 1.58 bits per heavy atom. The van der Waals surface area contributed by atoms with Crippen molar-refractivity contribution >= 4 is 76.7 Å². The Labute approximate surface area is 598 Å². The van der Waals surface area contributed by atoms with Crippen molar-refractivity contribution in [1.29, 1.82) is 0 Å². The van der Waals surface area contributed by atoms with E-state index >= 15 is 19.2 Å². The maximum absolute atomic E-state index is 15.7. The quantitative estimate of drug-likeness (QED) is 0.126. The second kappa shape index (κ2) is 38.1. The zero-order valence-corrected chi connectivity index (χ0v) is 64.7. The van der Waals surface area contributed by atoms with Crippen LogP contribution in [0.1, 0.15) is 160 Å². The van der Waals surface area contributed by atoms with Gasteiger partial charge in [-0.1, -0.05) is 121 Å². The van der Waals surface area contributed by atoms with Crippen LogP contribution in [-0.2, 0) is 64.1 Å². The van der Waals surface area contributed by atoms with Crippen LogP contribution in [-0.4, -0.2) is 227 Å². The third-order valence-corrected chi connectivity index (χ3v) is 20.0. The fourth-order valence-electron chi connectivity index (χ4n) is 12.9. The summed E-state index contributed by atoms with van der Waals surface area (Å²) in [5.74, 6) is -9.16. The van der Waals surface area contributed by atoms with Gasteiger partial charge in [0, 0.05) is 54.2 Å². The van der Waals surface area contributed by atoms with E-state index in [1.54, 1.807) is 53.7 Å². The lowest BCUT2D eigenvalue weighted by molar-refractivity contribution is -0.157. The van der Waals surface area contributed by atoms with Crippen molar-refractivity contribution in [2.24, 2.45) is 41.4 Å².